The number of hydrogen-bond acceptors (Lipinski definition) is 2. The largest absolute Gasteiger partial charge is 0.224 e. The minimum atomic E-state index is -3.20. The first-order valence-corrected chi connectivity index (χ1v) is 6.14. The zero-order valence-electron chi connectivity index (χ0n) is 6.41. The van der Waals surface area contributed by atoms with Crippen LogP contribution in [0, 0.1) is 3.57 Å². The Labute approximate surface area is 86.8 Å². The van der Waals surface area contributed by atoms with E-state index in [-0.39, 0.29) is 4.90 Å². The van der Waals surface area contributed by atoms with Gasteiger partial charge in [0.25, 0.3) is 0 Å². The van der Waals surface area contributed by atoms with Crippen molar-refractivity contribution in [1.82, 2.24) is 0 Å². The Hall–Kier alpha value is -0.0351. The minimum Gasteiger partial charge on any atom is -0.224 e. The fourth-order valence-electron chi connectivity index (χ4n) is 0.917. The van der Waals surface area contributed by atoms with Gasteiger partial charge < -0.3 is 0 Å². The topological polar surface area (TPSA) is 34.1 Å². The van der Waals surface area contributed by atoms with E-state index in [9.17, 15) is 8.42 Å². The summed E-state index contributed by atoms with van der Waals surface area (Å²) in [6, 6.07) is 5.03. The highest BCUT2D eigenvalue weighted by Crippen LogP contribution is 2.14. The van der Waals surface area contributed by atoms with E-state index in [1.54, 1.807) is 18.2 Å². The molecule has 5 heteroatoms. The Bertz CT molecular complexity index is 380. The summed E-state index contributed by atoms with van der Waals surface area (Å²) in [4.78, 5) is 0.227. The van der Waals surface area contributed by atoms with Crippen LogP contribution in [0.15, 0.2) is 23.1 Å². The first-order chi connectivity index (χ1) is 5.43. The Morgan fingerprint density at radius 2 is 2.00 bits per heavy atom. The molecule has 2 nitrogen and oxygen atoms in total. The molecule has 0 N–H and O–H groups in total. The van der Waals surface area contributed by atoms with Crippen LogP contribution in [0.4, 0.5) is 0 Å². The molecule has 0 saturated heterocycles. The van der Waals surface area contributed by atoms with Gasteiger partial charge in [0.2, 0.25) is 0 Å². The van der Waals surface area contributed by atoms with Crippen molar-refractivity contribution in [2.75, 3.05) is 6.26 Å². The Balaban J connectivity index is 3.53. The molecule has 0 fully saturated rings. The van der Waals surface area contributed by atoms with E-state index >= 15 is 0 Å². The van der Waals surface area contributed by atoms with Gasteiger partial charge >= 0.3 is 0 Å². The predicted octanol–water partition coefficient (Wildman–Crippen LogP) is 0.489. The highest BCUT2D eigenvalue weighted by molar-refractivity contribution is 14.1. The lowest BCUT2D eigenvalue weighted by molar-refractivity contribution is 0.602. The van der Waals surface area contributed by atoms with Crippen molar-refractivity contribution in [2.24, 2.45) is 0 Å². The molecule has 12 heavy (non-hydrogen) atoms. The van der Waals surface area contributed by atoms with Gasteiger partial charge in [-0.2, -0.15) is 0 Å². The van der Waals surface area contributed by atoms with Crippen molar-refractivity contribution < 1.29 is 8.42 Å². The van der Waals surface area contributed by atoms with Gasteiger partial charge in [0.1, 0.15) is 7.85 Å². The van der Waals surface area contributed by atoms with Gasteiger partial charge in [0, 0.05) is 9.83 Å². The number of rotatable bonds is 1. The molecule has 0 amide bonds. The summed E-state index contributed by atoms with van der Waals surface area (Å²) in [6.45, 7) is 0. The summed E-state index contributed by atoms with van der Waals surface area (Å²) in [7, 11) is 2.33. The lowest BCUT2D eigenvalue weighted by atomic mass is 9.97. The van der Waals surface area contributed by atoms with Gasteiger partial charge in [0.05, 0.1) is 4.90 Å². The Morgan fingerprint density at radius 1 is 1.42 bits per heavy atom. The Kier molecular flexibility index (Phi) is 2.83. The summed E-state index contributed by atoms with van der Waals surface area (Å²) >= 11 is 1.95. The summed E-state index contributed by atoms with van der Waals surface area (Å²) in [5.41, 5.74) is 0.310. The lowest BCUT2D eigenvalue weighted by Crippen LogP contribution is -2.16. The van der Waals surface area contributed by atoms with Gasteiger partial charge in [0.15, 0.2) is 9.84 Å². The molecule has 0 aliphatic carbocycles. The first kappa shape index (κ1) is 10.0. The van der Waals surface area contributed by atoms with Crippen LogP contribution < -0.4 is 5.46 Å². The molecule has 0 aromatic heterocycles. The van der Waals surface area contributed by atoms with E-state index in [1.165, 1.54) is 0 Å². The molecule has 0 unspecified atom stereocenters. The maximum atomic E-state index is 11.2. The Morgan fingerprint density at radius 3 is 2.33 bits per heavy atom. The number of halogens is 1. The van der Waals surface area contributed by atoms with E-state index in [0.29, 0.717) is 9.03 Å². The zero-order chi connectivity index (χ0) is 9.35. The minimum absolute atomic E-state index is 0.227. The number of hydrogen-bond donors (Lipinski definition) is 0. The summed E-state index contributed by atoms with van der Waals surface area (Å²) in [6.07, 6.45) is 1.15. The van der Waals surface area contributed by atoms with Gasteiger partial charge in [-0.3, -0.25) is 0 Å². The molecular weight excluding hydrogens is 286 g/mol. The monoisotopic (exact) mass is 292 g/mol. The van der Waals surface area contributed by atoms with Crippen LogP contribution >= 0.6 is 22.6 Å². The van der Waals surface area contributed by atoms with E-state index < -0.39 is 9.84 Å². The van der Waals surface area contributed by atoms with Crippen molar-refractivity contribution in [2.45, 2.75) is 4.90 Å². The summed E-state index contributed by atoms with van der Waals surface area (Å²) in [5, 5.41) is 0. The number of sulfone groups is 1. The van der Waals surface area contributed by atoms with Crippen molar-refractivity contribution in [3.05, 3.63) is 21.8 Å². The third-order valence-electron chi connectivity index (χ3n) is 1.37. The molecule has 0 saturated carbocycles. The second kappa shape index (κ2) is 3.37. The average Bonchev–Trinajstić information content (AvgIpc) is 1.82. The van der Waals surface area contributed by atoms with Crippen molar-refractivity contribution in [3.63, 3.8) is 0 Å². The molecule has 0 heterocycles. The molecule has 1 aromatic carbocycles. The molecule has 0 aliphatic heterocycles. The van der Waals surface area contributed by atoms with Crippen LogP contribution in [-0.4, -0.2) is 22.5 Å². The maximum absolute atomic E-state index is 11.2. The van der Waals surface area contributed by atoms with E-state index in [0.717, 1.165) is 6.26 Å². The van der Waals surface area contributed by atoms with Gasteiger partial charge in [-0.1, -0.05) is 17.6 Å². The fourth-order valence-corrected chi connectivity index (χ4v) is 3.55. The molecule has 0 spiro atoms. The highest BCUT2D eigenvalue weighted by Gasteiger charge is 2.13. The molecular formula is C7H6BIO2S. The van der Waals surface area contributed by atoms with Crippen molar-refractivity contribution in [3.8, 4) is 0 Å². The van der Waals surface area contributed by atoms with Crippen LogP contribution in [0.2, 0.25) is 0 Å². The van der Waals surface area contributed by atoms with Crippen LogP contribution in [0.1, 0.15) is 0 Å². The summed E-state index contributed by atoms with van der Waals surface area (Å²) in [5.74, 6) is 0. The average molecular weight is 292 g/mol. The van der Waals surface area contributed by atoms with Crippen LogP contribution in [0.3, 0.4) is 0 Å². The van der Waals surface area contributed by atoms with Gasteiger partial charge in [-0.15, -0.1) is 0 Å². The van der Waals surface area contributed by atoms with E-state index in [4.69, 9.17) is 7.85 Å². The van der Waals surface area contributed by atoms with Crippen molar-refractivity contribution in [1.29, 1.82) is 0 Å². The second-order valence-electron chi connectivity index (χ2n) is 2.43. The molecule has 1 aromatic rings. The standard InChI is InChI=1S/C7H6BIO2S/c1-12(10,11)7-5(8)3-2-4-6(7)9/h2-4H,1H3. The second-order valence-corrected chi connectivity index (χ2v) is 5.55. The fraction of sp³-hybridized carbons (Fsp3) is 0.143. The van der Waals surface area contributed by atoms with Gasteiger partial charge in [-0.25, -0.2) is 8.42 Å². The lowest BCUT2D eigenvalue weighted by Gasteiger charge is -2.05. The number of benzene rings is 1. The van der Waals surface area contributed by atoms with E-state index in [2.05, 4.69) is 0 Å². The predicted molar refractivity (Wildman–Crippen MR) is 57.7 cm³/mol. The molecule has 0 bridgehead atoms. The third kappa shape index (κ3) is 2.01. The normalized spacial score (nSPS) is 11.5. The summed E-state index contributed by atoms with van der Waals surface area (Å²) < 4.78 is 23.0. The van der Waals surface area contributed by atoms with Crippen LogP contribution in [0.5, 0.6) is 0 Å². The van der Waals surface area contributed by atoms with E-state index in [1.807, 2.05) is 22.6 Å². The third-order valence-corrected chi connectivity index (χ3v) is 3.83. The maximum Gasteiger partial charge on any atom is 0.175 e. The molecule has 0 atom stereocenters. The molecule has 1 rings (SSSR count). The quantitative estimate of drug-likeness (QED) is 0.557. The zero-order valence-corrected chi connectivity index (χ0v) is 9.39. The first-order valence-electron chi connectivity index (χ1n) is 3.17. The SMILES string of the molecule is [B]c1cccc(I)c1S(C)(=O)=O. The van der Waals surface area contributed by atoms with Crippen molar-refractivity contribution >= 4 is 45.7 Å². The molecule has 62 valence electrons. The van der Waals surface area contributed by atoms with Crippen LogP contribution in [-0.2, 0) is 9.84 Å². The van der Waals surface area contributed by atoms with Gasteiger partial charge in [-0.05, 0) is 28.7 Å². The molecule has 2 radical (unpaired) electrons. The molecule has 0 aliphatic rings. The smallest absolute Gasteiger partial charge is 0.175 e. The highest BCUT2D eigenvalue weighted by atomic mass is 127. The van der Waals surface area contributed by atoms with Crippen LogP contribution in [0.25, 0.3) is 0 Å².